The second kappa shape index (κ2) is 6.17. The molecular weight excluding hydrogens is 352 g/mol. The van der Waals surface area contributed by atoms with E-state index < -0.39 is 38.7 Å². The summed E-state index contributed by atoms with van der Waals surface area (Å²) in [6.07, 6.45) is -2.31. The van der Waals surface area contributed by atoms with Gasteiger partial charge in [0.05, 0.1) is 0 Å². The number of anilines is 3. The maximum atomic E-state index is 10.8. The molecule has 0 radical (unpaired) electrons. The average Bonchev–Trinajstić information content (AvgIpc) is 3.06. The minimum atomic E-state index is -3.25. The van der Waals surface area contributed by atoms with Gasteiger partial charge in [0.15, 0.2) is 0 Å². The number of aliphatic hydroxyl groups is 1. The number of ether oxygens (including phenoxy) is 2. The van der Waals surface area contributed by atoms with Gasteiger partial charge in [0.1, 0.15) is 0 Å². The first-order valence-electron chi connectivity index (χ1n) is 8.06. The Bertz CT molecular complexity index is 671. The molecule has 1 aromatic rings. The van der Waals surface area contributed by atoms with E-state index in [0.717, 1.165) is 0 Å². The fraction of sp³-hybridized carbons (Fsp3) is 0.667. The summed E-state index contributed by atoms with van der Waals surface area (Å²) in [5, 5.41) is 13.9. The van der Waals surface area contributed by atoms with Gasteiger partial charge in [0.2, 0.25) is 0 Å². The molecule has 0 aliphatic carbocycles. The number of hydrogen-bond donors (Lipinski definition) is 4. The molecule has 0 amide bonds. The fourth-order valence-corrected chi connectivity index (χ4v) is 4.65. The van der Waals surface area contributed by atoms with E-state index in [1.807, 2.05) is 6.92 Å². The van der Waals surface area contributed by atoms with Gasteiger partial charge in [-0.1, -0.05) is 0 Å². The molecule has 138 valence electrons. The summed E-state index contributed by atoms with van der Waals surface area (Å²) in [6.45, 7) is 2.42. The van der Waals surface area contributed by atoms with Gasteiger partial charge in [-0.05, 0) is 0 Å². The molecular formula is C12H21BN5O6P. The molecule has 2 fully saturated rings. The van der Waals surface area contributed by atoms with Crippen molar-refractivity contribution in [3.05, 3.63) is 6.33 Å². The van der Waals surface area contributed by atoms with Gasteiger partial charge in [-0.15, -0.1) is 0 Å². The Labute approximate surface area is 145 Å². The number of nitrogens with zero attached hydrogens (tertiary/aromatic N) is 3. The number of nitrogens with one attached hydrogen (secondary N) is 1. The zero-order valence-electron chi connectivity index (χ0n) is 13.8. The normalized spacial score (nSPS) is 37.2. The van der Waals surface area contributed by atoms with Gasteiger partial charge in [0.25, 0.3) is 0 Å². The van der Waals surface area contributed by atoms with Gasteiger partial charge in [-0.3, -0.25) is 0 Å². The van der Waals surface area contributed by atoms with Gasteiger partial charge in [-0.2, -0.15) is 0 Å². The van der Waals surface area contributed by atoms with Crippen LogP contribution in [-0.2, 0) is 18.5 Å². The van der Waals surface area contributed by atoms with Crippen LogP contribution in [0, 0.1) is 0 Å². The number of hydrogen-bond acceptors (Lipinski definition) is 11. The number of rotatable bonds is 3. The van der Waals surface area contributed by atoms with E-state index in [2.05, 4.69) is 15.3 Å². The van der Waals surface area contributed by atoms with Crippen molar-refractivity contribution in [2.24, 2.45) is 0 Å². The predicted octanol–water partition coefficient (Wildman–Crippen LogP) is -1.85. The molecule has 0 spiro atoms. The minimum absolute atomic E-state index is 0.150. The van der Waals surface area contributed by atoms with Crippen LogP contribution in [-0.4, -0.2) is 71.6 Å². The predicted molar refractivity (Wildman–Crippen MR) is 92.5 cm³/mol. The third kappa shape index (κ3) is 2.83. The number of nitrogen functional groups attached to an aromatic ring is 1. The van der Waals surface area contributed by atoms with Crippen molar-refractivity contribution in [2.45, 2.75) is 37.8 Å². The van der Waals surface area contributed by atoms with E-state index in [1.54, 1.807) is 4.90 Å². The summed E-state index contributed by atoms with van der Waals surface area (Å²) in [5.41, 5.74) is 6.43. The fourth-order valence-electron chi connectivity index (χ4n) is 3.31. The Morgan fingerprint density at radius 2 is 2.36 bits per heavy atom. The van der Waals surface area contributed by atoms with Crippen LogP contribution in [0.1, 0.15) is 6.92 Å². The van der Waals surface area contributed by atoms with E-state index >= 15 is 0 Å². The second-order valence-electron chi connectivity index (χ2n) is 6.16. The SMILES string of the molecule is B[PH]1(O)OCC2OC(N3c4ncnc(N)c4NC3OCC)C(O)[C@@H]2O1. The van der Waals surface area contributed by atoms with Crippen LogP contribution in [0.4, 0.5) is 17.3 Å². The molecule has 0 bridgehead atoms. The molecule has 3 aliphatic rings. The van der Waals surface area contributed by atoms with Crippen LogP contribution in [0.5, 0.6) is 0 Å². The van der Waals surface area contributed by atoms with E-state index in [-0.39, 0.29) is 12.4 Å². The maximum absolute atomic E-state index is 10.8. The van der Waals surface area contributed by atoms with Gasteiger partial charge < -0.3 is 0 Å². The van der Waals surface area contributed by atoms with Crippen LogP contribution < -0.4 is 16.0 Å². The number of nitrogens with two attached hydrogens (primary N) is 1. The van der Waals surface area contributed by atoms with Crippen molar-refractivity contribution < 1.29 is 28.5 Å². The van der Waals surface area contributed by atoms with Crippen molar-refractivity contribution in [1.82, 2.24) is 9.97 Å². The Morgan fingerprint density at radius 1 is 1.56 bits per heavy atom. The summed E-state index contributed by atoms with van der Waals surface area (Å²) in [5.74, 6) is 0.746. The quantitative estimate of drug-likeness (QED) is 0.350. The molecule has 0 aromatic carbocycles. The first kappa shape index (κ1) is 17.2. The summed E-state index contributed by atoms with van der Waals surface area (Å²) in [7, 11) is -1.74. The Morgan fingerprint density at radius 3 is 3.12 bits per heavy atom. The van der Waals surface area contributed by atoms with Gasteiger partial charge in [-0.25, -0.2) is 0 Å². The first-order valence-corrected chi connectivity index (χ1v) is 10.3. The number of aliphatic hydroxyl groups excluding tert-OH is 1. The monoisotopic (exact) mass is 373 g/mol. The van der Waals surface area contributed by atoms with Gasteiger partial charge >= 0.3 is 145 Å². The Kier molecular flexibility index (Phi) is 4.23. The Balaban J connectivity index is 1.65. The number of fused-ring (bicyclic) bond motifs is 2. The third-order valence-electron chi connectivity index (χ3n) is 4.40. The van der Waals surface area contributed by atoms with E-state index in [0.29, 0.717) is 18.1 Å². The molecule has 13 heteroatoms. The molecule has 4 heterocycles. The van der Waals surface area contributed by atoms with Crippen LogP contribution in [0.2, 0.25) is 0 Å². The number of aromatic nitrogens is 2. The van der Waals surface area contributed by atoms with Crippen molar-refractivity contribution >= 4 is 32.7 Å². The Hall–Kier alpha value is -1.27. The molecule has 5 atom stereocenters. The van der Waals surface area contributed by atoms with Crippen LogP contribution >= 0.6 is 7.82 Å². The topological polar surface area (TPSA) is 144 Å². The van der Waals surface area contributed by atoms with Crippen molar-refractivity contribution in [1.29, 1.82) is 0 Å². The van der Waals surface area contributed by atoms with Crippen molar-refractivity contribution in [3.8, 4) is 0 Å². The van der Waals surface area contributed by atoms with Crippen LogP contribution in [0.25, 0.3) is 0 Å². The summed E-state index contributed by atoms with van der Waals surface area (Å²) >= 11 is 0. The third-order valence-corrected chi connectivity index (χ3v) is 5.81. The van der Waals surface area contributed by atoms with E-state index in [9.17, 15) is 10.00 Å². The molecule has 1 aromatic heterocycles. The van der Waals surface area contributed by atoms with E-state index in [1.165, 1.54) is 13.9 Å². The summed E-state index contributed by atoms with van der Waals surface area (Å²) in [6, 6.07) is 0. The zero-order valence-corrected chi connectivity index (χ0v) is 14.8. The second-order valence-corrected chi connectivity index (χ2v) is 8.48. The van der Waals surface area contributed by atoms with Crippen molar-refractivity contribution in [2.75, 3.05) is 29.2 Å². The molecule has 4 unspecified atom stereocenters. The zero-order chi connectivity index (χ0) is 17.8. The molecule has 0 saturated carbocycles. The molecule has 3 aliphatic heterocycles. The summed E-state index contributed by atoms with van der Waals surface area (Å²) < 4.78 is 22.5. The van der Waals surface area contributed by atoms with Crippen LogP contribution in [0.3, 0.4) is 0 Å². The molecule has 2 saturated heterocycles. The first-order chi connectivity index (χ1) is 11.9. The molecule has 4 rings (SSSR count). The summed E-state index contributed by atoms with van der Waals surface area (Å²) in [4.78, 5) is 19.9. The molecule has 25 heavy (non-hydrogen) atoms. The average molecular weight is 373 g/mol. The molecule has 5 N–H and O–H groups in total. The van der Waals surface area contributed by atoms with E-state index in [4.69, 9.17) is 24.3 Å². The van der Waals surface area contributed by atoms with Crippen molar-refractivity contribution in [3.63, 3.8) is 0 Å². The van der Waals surface area contributed by atoms with Gasteiger partial charge in [0, 0.05) is 0 Å². The standard InChI is InChI=1S/C12H21BN5O6P/c1-2-21-12-17-6-9(14)15-4-16-10(6)18(12)11-7(19)8-5(23-11)3-22-25(13,20)24-8/h4-5,7-8,11-12,17,19-20,25H,2-3,13H2,1H3,(H2,14,15,16)/t5?,7?,8-,11?,12?/m1/s1. The molecule has 11 nitrogen and oxygen atoms in total. The van der Waals surface area contributed by atoms with Crippen LogP contribution in [0.15, 0.2) is 6.33 Å².